The maximum Gasteiger partial charge on any atom is 0.132 e. The summed E-state index contributed by atoms with van der Waals surface area (Å²) < 4.78 is 0.988. The molecule has 0 fully saturated rings. The molecule has 1 unspecified atom stereocenters. The molecule has 0 heterocycles. The van der Waals surface area contributed by atoms with Gasteiger partial charge in [0, 0.05) is 0 Å². The van der Waals surface area contributed by atoms with E-state index in [1.807, 2.05) is 0 Å². The van der Waals surface area contributed by atoms with Gasteiger partial charge in [0.2, 0.25) is 0 Å². The monoisotopic (exact) mass is 344 g/mol. The van der Waals surface area contributed by atoms with Gasteiger partial charge < -0.3 is 0 Å². The lowest BCUT2D eigenvalue weighted by Crippen LogP contribution is -2.46. The zero-order valence-electron chi connectivity index (χ0n) is 17.0. The van der Waals surface area contributed by atoms with Crippen LogP contribution in [0.25, 0.3) is 0 Å². The van der Waals surface area contributed by atoms with Gasteiger partial charge in [-0.05, 0) is 31.1 Å². The van der Waals surface area contributed by atoms with E-state index >= 15 is 0 Å². The fraction of sp³-hybridized carbons (Fsp3) is 0.667. The molecule has 1 aromatic carbocycles. The van der Waals surface area contributed by atoms with Crippen molar-refractivity contribution in [2.75, 3.05) is 20.1 Å². The van der Waals surface area contributed by atoms with Crippen LogP contribution >= 0.6 is 0 Å². The fourth-order valence-electron chi connectivity index (χ4n) is 3.70. The summed E-state index contributed by atoms with van der Waals surface area (Å²) in [6.45, 7) is 8.49. The Morgan fingerprint density at radius 1 is 0.760 bits per heavy atom. The van der Waals surface area contributed by atoms with E-state index in [1.165, 1.54) is 89.3 Å². The van der Waals surface area contributed by atoms with Crippen molar-refractivity contribution in [3.8, 4) is 0 Å². The third-order valence-electron chi connectivity index (χ3n) is 5.42. The van der Waals surface area contributed by atoms with E-state index < -0.39 is 0 Å². The molecule has 1 aromatic rings. The molecule has 0 aromatic heterocycles. The number of nitrogens with zero attached hydrogens (tertiary/aromatic N) is 1. The molecule has 1 atom stereocenters. The second-order valence-electron chi connectivity index (χ2n) is 7.82. The van der Waals surface area contributed by atoms with Gasteiger partial charge in [-0.15, -0.1) is 0 Å². The summed E-state index contributed by atoms with van der Waals surface area (Å²) in [5.74, 6) is 0. The zero-order chi connectivity index (χ0) is 18.2. The average Bonchev–Trinajstić information content (AvgIpc) is 2.63. The molecule has 0 bridgehead atoms. The predicted molar refractivity (Wildman–Crippen MR) is 115 cm³/mol. The fourth-order valence-corrected chi connectivity index (χ4v) is 3.70. The van der Waals surface area contributed by atoms with Gasteiger partial charge in [0.1, 0.15) is 12.2 Å². The Hall–Kier alpha value is -1.08. The summed E-state index contributed by atoms with van der Waals surface area (Å²) in [6.07, 6.45) is 19.0. The Labute approximate surface area is 157 Å². The molecule has 0 aliphatic heterocycles. The van der Waals surface area contributed by atoms with Crippen molar-refractivity contribution in [1.82, 2.24) is 4.48 Å². The lowest BCUT2D eigenvalue weighted by Gasteiger charge is -2.33. The van der Waals surface area contributed by atoms with Crippen LogP contribution < -0.4 is 4.48 Å². The molecule has 1 heteroatoms. The normalized spacial score (nSPS) is 13.5. The Morgan fingerprint density at radius 3 is 1.72 bits per heavy atom. The van der Waals surface area contributed by atoms with E-state index in [9.17, 15) is 0 Å². The van der Waals surface area contributed by atoms with Crippen LogP contribution in [0.3, 0.4) is 0 Å². The van der Waals surface area contributed by atoms with Crippen LogP contribution in [0.4, 0.5) is 5.69 Å². The summed E-state index contributed by atoms with van der Waals surface area (Å²) in [5.41, 5.74) is 1.41. The van der Waals surface area contributed by atoms with Gasteiger partial charge in [-0.2, -0.15) is 0 Å². The largest absolute Gasteiger partial charge is 0.290 e. The minimum Gasteiger partial charge on any atom is -0.290 e. The molecule has 0 radical (unpaired) electrons. The molecule has 0 spiro atoms. The topological polar surface area (TPSA) is 0 Å². The Bertz CT molecular complexity index is 425. The van der Waals surface area contributed by atoms with Crippen molar-refractivity contribution in [3.63, 3.8) is 0 Å². The molecule has 142 valence electrons. The first-order chi connectivity index (χ1) is 12.2. The SMILES string of the molecule is C=CC[N+](C)(CCCCCCCCCCCCCC)c1ccccc1. The van der Waals surface area contributed by atoms with Gasteiger partial charge in [-0.3, -0.25) is 4.48 Å². The van der Waals surface area contributed by atoms with E-state index in [-0.39, 0.29) is 0 Å². The van der Waals surface area contributed by atoms with E-state index in [4.69, 9.17) is 0 Å². The highest BCUT2D eigenvalue weighted by molar-refractivity contribution is 5.42. The van der Waals surface area contributed by atoms with Gasteiger partial charge in [0.05, 0.1) is 13.6 Å². The first-order valence-corrected chi connectivity index (χ1v) is 10.7. The van der Waals surface area contributed by atoms with E-state index in [0.29, 0.717) is 0 Å². The van der Waals surface area contributed by atoms with Gasteiger partial charge in [0.15, 0.2) is 0 Å². The molecule has 0 aliphatic rings. The third-order valence-corrected chi connectivity index (χ3v) is 5.42. The van der Waals surface area contributed by atoms with E-state index in [2.05, 4.69) is 57.0 Å². The van der Waals surface area contributed by atoms with Crippen molar-refractivity contribution >= 4 is 5.69 Å². The van der Waals surface area contributed by atoms with Gasteiger partial charge in [-0.25, -0.2) is 0 Å². The highest BCUT2D eigenvalue weighted by atomic mass is 15.3. The van der Waals surface area contributed by atoms with Gasteiger partial charge in [-0.1, -0.05) is 95.9 Å². The molecule has 25 heavy (non-hydrogen) atoms. The van der Waals surface area contributed by atoms with Crippen LogP contribution in [-0.4, -0.2) is 20.1 Å². The standard InChI is InChI=1S/C24H42N/c1-4-6-7-8-9-10-11-12-13-14-15-19-23-25(3,22-5-2)24-20-17-16-18-21-24/h5,16-18,20-21H,2,4,6-15,19,22-23H2,1,3H3/q+1. The van der Waals surface area contributed by atoms with Crippen LogP contribution in [0.2, 0.25) is 0 Å². The van der Waals surface area contributed by atoms with Crippen LogP contribution in [0.15, 0.2) is 43.0 Å². The molecule has 0 aliphatic carbocycles. The summed E-state index contributed by atoms with van der Waals surface area (Å²) in [5, 5.41) is 0. The number of hydrogen-bond acceptors (Lipinski definition) is 0. The number of likely N-dealkylation sites (N-methyl/N-ethyl adjacent to an activating group) is 1. The first kappa shape index (κ1) is 22.0. The van der Waals surface area contributed by atoms with E-state index in [1.54, 1.807) is 0 Å². The maximum atomic E-state index is 3.97. The van der Waals surface area contributed by atoms with Crippen LogP contribution in [0.5, 0.6) is 0 Å². The molecule has 0 amide bonds. The average molecular weight is 345 g/mol. The lowest BCUT2D eigenvalue weighted by atomic mass is 10.0. The number of para-hydroxylation sites is 1. The summed E-state index contributed by atoms with van der Waals surface area (Å²) in [7, 11) is 2.34. The van der Waals surface area contributed by atoms with Crippen molar-refractivity contribution in [3.05, 3.63) is 43.0 Å². The number of quaternary nitrogens is 1. The van der Waals surface area contributed by atoms with Crippen LogP contribution in [0, 0.1) is 0 Å². The highest BCUT2D eigenvalue weighted by Crippen LogP contribution is 2.22. The quantitative estimate of drug-likeness (QED) is 0.165. The van der Waals surface area contributed by atoms with Crippen molar-refractivity contribution in [2.45, 2.75) is 84.0 Å². The molecular weight excluding hydrogens is 302 g/mol. The number of rotatable bonds is 16. The minimum absolute atomic E-state index is 0.988. The second-order valence-corrected chi connectivity index (χ2v) is 7.82. The molecule has 1 rings (SSSR count). The summed E-state index contributed by atoms with van der Waals surface area (Å²) in [4.78, 5) is 0. The summed E-state index contributed by atoms with van der Waals surface area (Å²) in [6, 6.07) is 10.9. The third kappa shape index (κ3) is 9.84. The van der Waals surface area contributed by atoms with Crippen LogP contribution in [-0.2, 0) is 0 Å². The van der Waals surface area contributed by atoms with Crippen molar-refractivity contribution in [1.29, 1.82) is 0 Å². The van der Waals surface area contributed by atoms with Crippen molar-refractivity contribution < 1.29 is 0 Å². The van der Waals surface area contributed by atoms with Crippen LogP contribution in [0.1, 0.15) is 84.0 Å². The second kappa shape index (κ2) is 14.1. The lowest BCUT2D eigenvalue weighted by molar-refractivity contribution is 0.349. The predicted octanol–water partition coefficient (Wildman–Crippen LogP) is 7.51. The Kier molecular flexibility index (Phi) is 12.4. The molecular formula is C24H42N+. The van der Waals surface area contributed by atoms with E-state index in [0.717, 1.165) is 11.0 Å². The Morgan fingerprint density at radius 2 is 1.24 bits per heavy atom. The van der Waals surface area contributed by atoms with Gasteiger partial charge in [0.25, 0.3) is 0 Å². The number of benzene rings is 1. The highest BCUT2D eigenvalue weighted by Gasteiger charge is 2.22. The maximum absolute atomic E-state index is 3.97. The number of hydrogen-bond donors (Lipinski definition) is 0. The molecule has 1 nitrogen and oxygen atoms in total. The molecule has 0 N–H and O–H groups in total. The first-order valence-electron chi connectivity index (χ1n) is 10.7. The minimum atomic E-state index is 0.988. The van der Waals surface area contributed by atoms with Gasteiger partial charge >= 0.3 is 0 Å². The zero-order valence-corrected chi connectivity index (χ0v) is 17.0. The number of unbranched alkanes of at least 4 members (excludes halogenated alkanes) is 11. The Balaban J connectivity index is 2.08. The molecule has 0 saturated carbocycles. The van der Waals surface area contributed by atoms with Crippen molar-refractivity contribution in [2.24, 2.45) is 0 Å². The summed E-state index contributed by atoms with van der Waals surface area (Å²) >= 11 is 0. The molecule has 0 saturated heterocycles. The smallest absolute Gasteiger partial charge is 0.132 e.